The zero-order valence-electron chi connectivity index (χ0n) is 26.7. The van der Waals surface area contributed by atoms with Crippen molar-refractivity contribution in [2.75, 3.05) is 11.9 Å². The van der Waals surface area contributed by atoms with Crippen LogP contribution < -0.4 is 15.4 Å². The quantitative estimate of drug-likeness (QED) is 0.171. The number of anilines is 1. The van der Waals surface area contributed by atoms with Gasteiger partial charge in [-0.3, -0.25) is 9.78 Å². The second-order valence-electron chi connectivity index (χ2n) is 13.0. The van der Waals surface area contributed by atoms with E-state index in [-0.39, 0.29) is 23.3 Å². The standard InChI is InChI=1S/C36H41N7O2/c1-22(2)30-21-40-43-33(30)41-35(45-27-13-15-36(5,6)39-20-27)42-34(43)38-19-26-9-7-8-10-28(26)32-29-12-11-24(18-31(44)23(3)4)17-25(29)14-16-37-32/h7-12,14,16-17,21-22,27,39H,3,13,15,18-20H2,1-2,4-6H3,(H,38,41,42). The molecule has 9 heteroatoms. The van der Waals surface area contributed by atoms with E-state index in [1.165, 1.54) is 0 Å². The number of carbonyl (C=O) groups is 1. The van der Waals surface area contributed by atoms with Crippen molar-refractivity contribution in [2.24, 2.45) is 0 Å². The molecule has 1 aliphatic rings. The van der Waals surface area contributed by atoms with Gasteiger partial charge >= 0.3 is 6.01 Å². The number of piperidine rings is 1. The van der Waals surface area contributed by atoms with Gasteiger partial charge in [0, 0.05) is 47.8 Å². The number of ether oxygens (including phenoxy) is 1. The Morgan fingerprint density at radius 3 is 2.76 bits per heavy atom. The second kappa shape index (κ2) is 12.4. The van der Waals surface area contributed by atoms with Crippen LogP contribution in [-0.4, -0.2) is 48.5 Å². The molecular formula is C36H41N7O2. The highest BCUT2D eigenvalue weighted by Crippen LogP contribution is 2.31. The fourth-order valence-electron chi connectivity index (χ4n) is 5.77. The molecule has 0 saturated carbocycles. The maximum absolute atomic E-state index is 12.3. The predicted octanol–water partition coefficient (Wildman–Crippen LogP) is 6.67. The number of carbonyl (C=O) groups excluding carboxylic acids is 1. The SMILES string of the molecule is C=C(C)C(=O)Cc1ccc2c(-c3ccccc3CNc3nc(OC4CCC(C)(C)NC4)nc4c(C(C)C)cnn34)nccc2c1. The highest BCUT2D eigenvalue weighted by Gasteiger charge is 2.28. The van der Waals surface area contributed by atoms with Crippen LogP contribution in [-0.2, 0) is 17.8 Å². The Morgan fingerprint density at radius 1 is 1.18 bits per heavy atom. The summed E-state index contributed by atoms with van der Waals surface area (Å²) in [5, 5.41) is 13.8. The highest BCUT2D eigenvalue weighted by molar-refractivity contribution is 5.98. The molecule has 232 valence electrons. The van der Waals surface area contributed by atoms with Crippen LogP contribution in [0, 0.1) is 0 Å². The molecule has 1 aliphatic heterocycles. The van der Waals surface area contributed by atoms with E-state index in [2.05, 4.69) is 74.3 Å². The Kier molecular flexibility index (Phi) is 8.38. The highest BCUT2D eigenvalue weighted by atomic mass is 16.5. The average molecular weight is 604 g/mol. The van der Waals surface area contributed by atoms with E-state index in [4.69, 9.17) is 19.7 Å². The molecule has 1 unspecified atom stereocenters. The van der Waals surface area contributed by atoms with Gasteiger partial charge in [-0.25, -0.2) is 0 Å². The predicted molar refractivity (Wildman–Crippen MR) is 179 cm³/mol. The van der Waals surface area contributed by atoms with Crippen LogP contribution in [0.4, 0.5) is 5.95 Å². The van der Waals surface area contributed by atoms with Gasteiger partial charge in [0.15, 0.2) is 11.4 Å². The lowest BCUT2D eigenvalue weighted by atomic mass is 9.92. The molecule has 3 aromatic heterocycles. The summed E-state index contributed by atoms with van der Waals surface area (Å²) in [7, 11) is 0. The lowest BCUT2D eigenvalue weighted by molar-refractivity contribution is -0.114. The largest absolute Gasteiger partial charge is 0.459 e. The number of hydrogen-bond acceptors (Lipinski definition) is 8. The van der Waals surface area contributed by atoms with Crippen LogP contribution >= 0.6 is 0 Å². The van der Waals surface area contributed by atoms with Crippen molar-refractivity contribution in [1.29, 1.82) is 0 Å². The van der Waals surface area contributed by atoms with E-state index in [1.807, 2.05) is 36.7 Å². The van der Waals surface area contributed by atoms with Crippen LogP contribution in [0.5, 0.6) is 6.01 Å². The van der Waals surface area contributed by atoms with Crippen LogP contribution in [0.15, 0.2) is 73.1 Å². The Labute approximate surface area is 264 Å². The van der Waals surface area contributed by atoms with Crippen molar-refractivity contribution in [3.8, 4) is 17.3 Å². The summed E-state index contributed by atoms with van der Waals surface area (Å²) in [6.45, 7) is 15.5. The first-order chi connectivity index (χ1) is 21.6. The van der Waals surface area contributed by atoms with Crippen LogP contribution in [0.3, 0.4) is 0 Å². The van der Waals surface area contributed by atoms with Crippen LogP contribution in [0.2, 0.25) is 0 Å². The number of rotatable bonds is 10. The number of aromatic nitrogens is 5. The second-order valence-corrected chi connectivity index (χ2v) is 13.0. The summed E-state index contributed by atoms with van der Waals surface area (Å²) in [5.41, 5.74) is 6.37. The lowest BCUT2D eigenvalue weighted by Gasteiger charge is -2.35. The van der Waals surface area contributed by atoms with E-state index in [9.17, 15) is 4.79 Å². The zero-order chi connectivity index (χ0) is 31.7. The Hall–Kier alpha value is -4.63. The molecule has 1 saturated heterocycles. The molecule has 0 spiro atoms. The molecule has 9 nitrogen and oxygen atoms in total. The van der Waals surface area contributed by atoms with E-state index in [0.717, 1.165) is 63.8 Å². The van der Waals surface area contributed by atoms with Crippen LogP contribution in [0.25, 0.3) is 27.7 Å². The molecule has 5 aromatic rings. The Balaban J connectivity index is 1.30. The first-order valence-electron chi connectivity index (χ1n) is 15.6. The summed E-state index contributed by atoms with van der Waals surface area (Å²) in [4.78, 5) is 26.7. The topological polar surface area (TPSA) is 106 Å². The Bertz CT molecular complexity index is 1880. The molecule has 1 fully saturated rings. The number of nitrogens with zero attached hydrogens (tertiary/aromatic N) is 5. The first-order valence-corrected chi connectivity index (χ1v) is 15.6. The van der Waals surface area contributed by atoms with Gasteiger partial charge in [-0.05, 0) is 67.7 Å². The van der Waals surface area contributed by atoms with Gasteiger partial charge in [-0.15, -0.1) is 0 Å². The van der Waals surface area contributed by atoms with Crippen molar-refractivity contribution in [1.82, 2.24) is 29.9 Å². The minimum Gasteiger partial charge on any atom is -0.459 e. The third kappa shape index (κ3) is 6.59. The molecule has 0 amide bonds. The summed E-state index contributed by atoms with van der Waals surface area (Å²) in [6, 6.07) is 16.7. The number of hydrogen-bond donors (Lipinski definition) is 2. The summed E-state index contributed by atoms with van der Waals surface area (Å²) < 4.78 is 8.10. The van der Waals surface area contributed by atoms with Gasteiger partial charge in [-0.2, -0.15) is 19.6 Å². The number of allylic oxidation sites excluding steroid dienone is 1. The van der Waals surface area contributed by atoms with Gasteiger partial charge in [0.05, 0.1) is 11.9 Å². The number of Topliss-reactive ketones (excluding diaryl/α,β-unsaturated/α-hetero) is 1. The summed E-state index contributed by atoms with van der Waals surface area (Å²) in [5.74, 6) is 0.857. The molecule has 2 aromatic carbocycles. The monoisotopic (exact) mass is 603 g/mol. The van der Waals surface area contributed by atoms with Crippen molar-refractivity contribution in [3.63, 3.8) is 0 Å². The molecule has 0 aliphatic carbocycles. The zero-order valence-corrected chi connectivity index (χ0v) is 26.7. The first kappa shape index (κ1) is 30.4. The molecule has 0 bridgehead atoms. The van der Waals surface area contributed by atoms with Crippen molar-refractivity contribution >= 4 is 28.2 Å². The van der Waals surface area contributed by atoms with Crippen molar-refractivity contribution in [3.05, 3.63) is 89.8 Å². The fourth-order valence-corrected chi connectivity index (χ4v) is 5.77. The van der Waals surface area contributed by atoms with Gasteiger partial charge in [-0.1, -0.05) is 62.9 Å². The molecular weight excluding hydrogens is 562 g/mol. The summed E-state index contributed by atoms with van der Waals surface area (Å²) >= 11 is 0. The van der Waals surface area contributed by atoms with Crippen molar-refractivity contribution < 1.29 is 9.53 Å². The minimum atomic E-state index is -0.00339. The van der Waals surface area contributed by atoms with Gasteiger partial charge < -0.3 is 15.4 Å². The van der Waals surface area contributed by atoms with E-state index < -0.39 is 0 Å². The van der Waals surface area contributed by atoms with Crippen molar-refractivity contribution in [2.45, 2.75) is 78.0 Å². The molecule has 2 N–H and O–H groups in total. The molecule has 4 heterocycles. The number of nitrogens with one attached hydrogen (secondary N) is 2. The molecule has 1 atom stereocenters. The number of pyridine rings is 1. The third-order valence-corrected chi connectivity index (χ3v) is 8.55. The number of fused-ring (bicyclic) bond motifs is 2. The maximum Gasteiger partial charge on any atom is 0.322 e. The normalized spacial score (nSPS) is 16.3. The number of ketones is 1. The van der Waals surface area contributed by atoms with Gasteiger partial charge in [0.2, 0.25) is 5.95 Å². The fraction of sp³-hybridized carbons (Fsp3) is 0.361. The minimum absolute atomic E-state index is 0.00339. The number of benzene rings is 2. The van der Waals surface area contributed by atoms with E-state index >= 15 is 0 Å². The molecule has 0 radical (unpaired) electrons. The lowest BCUT2D eigenvalue weighted by Crippen LogP contribution is -2.50. The van der Waals surface area contributed by atoms with Gasteiger partial charge in [0.25, 0.3) is 0 Å². The smallest absolute Gasteiger partial charge is 0.322 e. The molecule has 6 rings (SSSR count). The maximum atomic E-state index is 12.3. The van der Waals surface area contributed by atoms with E-state index in [1.54, 1.807) is 11.4 Å². The third-order valence-electron chi connectivity index (χ3n) is 8.55. The average Bonchev–Trinajstić information content (AvgIpc) is 3.45. The molecule has 45 heavy (non-hydrogen) atoms. The Morgan fingerprint density at radius 2 is 2.00 bits per heavy atom. The van der Waals surface area contributed by atoms with E-state index in [0.29, 0.717) is 30.5 Å². The van der Waals surface area contributed by atoms with Crippen LogP contribution in [0.1, 0.15) is 70.1 Å². The summed E-state index contributed by atoms with van der Waals surface area (Å²) in [6.07, 6.45) is 5.97. The van der Waals surface area contributed by atoms with Gasteiger partial charge in [0.1, 0.15) is 6.10 Å².